The zero-order valence-corrected chi connectivity index (χ0v) is 28.4. The number of benzene rings is 5. The van der Waals surface area contributed by atoms with Gasteiger partial charge in [0.05, 0.1) is 22.4 Å². The minimum atomic E-state index is -0.0702. The van der Waals surface area contributed by atoms with Crippen LogP contribution in [0.4, 0.5) is 0 Å². The van der Waals surface area contributed by atoms with E-state index in [0.717, 1.165) is 39.5 Å². The summed E-state index contributed by atoms with van der Waals surface area (Å²) in [5.74, 6) is 0. The molecule has 0 amide bonds. The van der Waals surface area contributed by atoms with Gasteiger partial charge in [-0.2, -0.15) is 0 Å². The predicted octanol–water partition coefficient (Wildman–Crippen LogP) is 10.7. The van der Waals surface area contributed by atoms with Crippen LogP contribution in [0.2, 0.25) is 0 Å². The van der Waals surface area contributed by atoms with Crippen LogP contribution in [0.3, 0.4) is 0 Å². The number of para-hydroxylation sites is 1. The fourth-order valence-electron chi connectivity index (χ4n) is 7.28. The second-order valence-electron chi connectivity index (χ2n) is 12.6. The standard InChI is InChI=1S/C43H30N3.Ir/c1-43(2)36-17-7-6-16-32(36)33-26-35-34-25-30(21-22-41(34)46(42(35)27-37(33)43)31-14-4-3-5-15-31)40-20-11-19-39(45-40)29-13-10-12-28(24-29)38-18-8-9-23-44-38;/h3-11,13-27H,1-2H3;/q-1;. The monoisotopic (exact) mass is 781 g/mol. The van der Waals surface area contributed by atoms with Crippen molar-refractivity contribution >= 4 is 21.8 Å². The summed E-state index contributed by atoms with van der Waals surface area (Å²) < 4.78 is 2.41. The minimum absolute atomic E-state index is 0. The molecule has 3 aromatic heterocycles. The number of hydrogen-bond donors (Lipinski definition) is 0. The molecular formula is C43H30IrN3-. The molecule has 1 aliphatic carbocycles. The van der Waals surface area contributed by atoms with Crippen molar-refractivity contribution < 1.29 is 20.1 Å². The number of rotatable bonds is 4. The minimum Gasteiger partial charge on any atom is -0.309 e. The smallest absolute Gasteiger partial charge is 0.0709 e. The van der Waals surface area contributed by atoms with Gasteiger partial charge >= 0.3 is 0 Å². The molecule has 0 aliphatic heterocycles. The van der Waals surface area contributed by atoms with Gasteiger partial charge in [-0.05, 0) is 82.5 Å². The number of hydrogen-bond acceptors (Lipinski definition) is 2. The maximum absolute atomic E-state index is 5.17. The summed E-state index contributed by atoms with van der Waals surface area (Å²) in [4.78, 5) is 9.68. The van der Waals surface area contributed by atoms with Crippen molar-refractivity contribution in [1.82, 2.24) is 14.5 Å². The Morgan fingerprint density at radius 3 is 2.11 bits per heavy atom. The molecule has 0 bridgehead atoms. The summed E-state index contributed by atoms with van der Waals surface area (Å²) in [6.07, 6.45) is 1.81. The number of fused-ring (bicyclic) bond motifs is 6. The van der Waals surface area contributed by atoms with Crippen LogP contribution >= 0.6 is 0 Å². The molecule has 0 saturated carbocycles. The molecule has 227 valence electrons. The third-order valence-electron chi connectivity index (χ3n) is 9.57. The molecule has 0 fully saturated rings. The first-order valence-corrected chi connectivity index (χ1v) is 15.8. The van der Waals surface area contributed by atoms with E-state index in [1.165, 1.54) is 44.1 Å². The van der Waals surface area contributed by atoms with Crippen LogP contribution in [-0.2, 0) is 25.5 Å². The zero-order valence-electron chi connectivity index (χ0n) is 26.0. The molecule has 0 atom stereocenters. The SMILES string of the molecule is CC1(C)c2ccccc2-c2cc3c4cc(-c5cccc(-c6cc[c-]c(-c7ccccn7)c6)n5)ccc4n(-c4ccccc4)c3cc21.[Ir]. The van der Waals surface area contributed by atoms with E-state index in [-0.39, 0.29) is 25.5 Å². The Kier molecular flexibility index (Phi) is 7.02. The predicted molar refractivity (Wildman–Crippen MR) is 189 cm³/mol. The summed E-state index contributed by atoms with van der Waals surface area (Å²) >= 11 is 0. The number of aromatic nitrogens is 3. The van der Waals surface area contributed by atoms with Crippen molar-refractivity contribution in [2.75, 3.05) is 0 Å². The van der Waals surface area contributed by atoms with Crippen LogP contribution in [0.25, 0.3) is 72.4 Å². The Hall–Kier alpha value is -5.15. The molecule has 0 N–H and O–H groups in total. The Labute approximate surface area is 288 Å². The van der Waals surface area contributed by atoms with E-state index >= 15 is 0 Å². The Morgan fingerprint density at radius 1 is 0.574 bits per heavy atom. The maximum atomic E-state index is 5.17. The van der Waals surface area contributed by atoms with Crippen LogP contribution in [0.15, 0.2) is 146 Å². The average molecular weight is 781 g/mol. The molecule has 0 unspecified atom stereocenters. The Balaban J connectivity index is 0.00000324. The summed E-state index contributed by atoms with van der Waals surface area (Å²) in [7, 11) is 0. The van der Waals surface area contributed by atoms with Gasteiger partial charge in [-0.3, -0.25) is 0 Å². The van der Waals surface area contributed by atoms with Crippen molar-refractivity contribution in [3.05, 3.63) is 163 Å². The normalized spacial score (nSPS) is 12.9. The molecular weight excluding hydrogens is 751 g/mol. The van der Waals surface area contributed by atoms with Gasteiger partial charge in [-0.25, -0.2) is 4.98 Å². The van der Waals surface area contributed by atoms with Crippen LogP contribution in [-0.4, -0.2) is 14.5 Å². The molecule has 8 aromatic rings. The van der Waals surface area contributed by atoms with Crippen molar-refractivity contribution in [1.29, 1.82) is 0 Å². The molecule has 1 aliphatic rings. The van der Waals surface area contributed by atoms with Gasteiger partial charge < -0.3 is 9.55 Å². The summed E-state index contributed by atoms with van der Waals surface area (Å²) in [5.41, 5.74) is 14.8. The van der Waals surface area contributed by atoms with E-state index in [0.29, 0.717) is 0 Å². The van der Waals surface area contributed by atoms with E-state index in [4.69, 9.17) is 4.98 Å². The van der Waals surface area contributed by atoms with Gasteiger partial charge in [0.25, 0.3) is 0 Å². The van der Waals surface area contributed by atoms with E-state index < -0.39 is 0 Å². The van der Waals surface area contributed by atoms with Crippen molar-refractivity contribution in [3.8, 4) is 50.6 Å². The summed E-state index contributed by atoms with van der Waals surface area (Å²) in [5, 5.41) is 2.47. The zero-order chi connectivity index (χ0) is 30.8. The molecule has 9 rings (SSSR count). The molecule has 4 heteroatoms. The molecule has 47 heavy (non-hydrogen) atoms. The number of pyridine rings is 2. The van der Waals surface area contributed by atoms with Crippen molar-refractivity contribution in [2.24, 2.45) is 0 Å². The van der Waals surface area contributed by atoms with Gasteiger partial charge in [0.2, 0.25) is 0 Å². The topological polar surface area (TPSA) is 30.7 Å². The average Bonchev–Trinajstić information content (AvgIpc) is 3.56. The van der Waals surface area contributed by atoms with Crippen molar-refractivity contribution in [2.45, 2.75) is 19.3 Å². The third kappa shape index (κ3) is 4.67. The van der Waals surface area contributed by atoms with Crippen LogP contribution in [0.5, 0.6) is 0 Å². The van der Waals surface area contributed by atoms with Gasteiger partial charge in [0, 0.05) is 53.7 Å². The van der Waals surface area contributed by atoms with Crippen LogP contribution in [0, 0.1) is 6.07 Å². The third-order valence-corrected chi connectivity index (χ3v) is 9.57. The molecule has 3 nitrogen and oxygen atoms in total. The van der Waals surface area contributed by atoms with Gasteiger partial charge in [0.15, 0.2) is 0 Å². The van der Waals surface area contributed by atoms with Crippen LogP contribution in [0.1, 0.15) is 25.0 Å². The summed E-state index contributed by atoms with van der Waals surface area (Å²) in [6, 6.07) is 52.9. The van der Waals surface area contributed by atoms with Gasteiger partial charge in [-0.1, -0.05) is 86.1 Å². The molecule has 0 spiro atoms. The molecule has 3 heterocycles. The molecule has 5 aromatic carbocycles. The largest absolute Gasteiger partial charge is 0.309 e. The second kappa shape index (κ2) is 11.3. The fourth-order valence-corrected chi connectivity index (χ4v) is 7.28. The van der Waals surface area contributed by atoms with E-state index in [1.54, 1.807) is 0 Å². The maximum Gasteiger partial charge on any atom is 0.0709 e. The first kappa shape index (κ1) is 29.3. The van der Waals surface area contributed by atoms with Gasteiger partial charge in [-0.15, -0.1) is 29.8 Å². The van der Waals surface area contributed by atoms with E-state index in [9.17, 15) is 0 Å². The Morgan fingerprint density at radius 2 is 1.30 bits per heavy atom. The van der Waals surface area contributed by atoms with E-state index in [1.807, 2.05) is 30.5 Å². The fraction of sp³-hybridized carbons (Fsp3) is 0.0698. The quantitative estimate of drug-likeness (QED) is 0.167. The van der Waals surface area contributed by atoms with E-state index in [2.05, 4.69) is 145 Å². The first-order valence-electron chi connectivity index (χ1n) is 15.8. The summed E-state index contributed by atoms with van der Waals surface area (Å²) in [6.45, 7) is 4.69. The second-order valence-corrected chi connectivity index (χ2v) is 12.6. The number of nitrogens with zero attached hydrogens (tertiary/aromatic N) is 3. The first-order chi connectivity index (χ1) is 22.6. The van der Waals surface area contributed by atoms with Crippen LogP contribution < -0.4 is 0 Å². The van der Waals surface area contributed by atoms with Gasteiger partial charge in [0.1, 0.15) is 0 Å². The molecule has 0 saturated heterocycles. The Bertz CT molecular complexity index is 2440. The van der Waals surface area contributed by atoms with Crippen molar-refractivity contribution in [3.63, 3.8) is 0 Å². The molecule has 1 radical (unpaired) electrons.